The van der Waals surface area contributed by atoms with E-state index in [1.165, 1.54) is 61.8 Å². The van der Waals surface area contributed by atoms with Crippen LogP contribution in [0.3, 0.4) is 0 Å². The average Bonchev–Trinajstić information content (AvgIpc) is 2.74. The van der Waals surface area contributed by atoms with Crippen LogP contribution in [0.5, 0.6) is 5.75 Å². The molecule has 1 amide bonds. The minimum Gasteiger partial charge on any atom is -0.489 e. The lowest BCUT2D eigenvalue weighted by molar-refractivity contribution is -0.160. The zero-order chi connectivity index (χ0) is 23.7. The van der Waals surface area contributed by atoms with E-state index >= 15 is 0 Å². The molecule has 2 aromatic carbocycles. The van der Waals surface area contributed by atoms with E-state index in [0.29, 0.717) is 11.3 Å². The average molecular weight is 487 g/mol. The zero-order valence-electron chi connectivity index (χ0n) is 17.4. The second kappa shape index (κ2) is 8.95. The van der Waals surface area contributed by atoms with Gasteiger partial charge < -0.3 is 15.2 Å². The molecule has 1 heterocycles. The van der Waals surface area contributed by atoms with Gasteiger partial charge in [-0.15, -0.1) is 0 Å². The topological polar surface area (TPSA) is 125 Å². The Labute approximate surface area is 190 Å². The van der Waals surface area contributed by atoms with E-state index < -0.39 is 38.0 Å². The van der Waals surface area contributed by atoms with Crippen LogP contribution in [0.25, 0.3) is 0 Å². The van der Waals surface area contributed by atoms with Crippen molar-refractivity contribution in [2.75, 3.05) is 6.54 Å². The Hall–Kier alpha value is -2.24. The van der Waals surface area contributed by atoms with Gasteiger partial charge in [0.05, 0.1) is 15.5 Å². The molecule has 0 radical (unpaired) electrons. The molecule has 1 aliphatic rings. The first-order valence-electron chi connectivity index (χ1n) is 9.76. The highest BCUT2D eigenvalue weighted by atomic mass is 35.5. The lowest BCUT2D eigenvalue weighted by atomic mass is 9.75. The van der Waals surface area contributed by atoms with Crippen LogP contribution < -0.4 is 15.5 Å². The number of benzene rings is 2. The number of hydrogen-bond acceptors (Lipinski definition) is 7. The second-order valence-electron chi connectivity index (χ2n) is 8.08. The second-order valence-corrected chi connectivity index (χ2v) is 10.6. The van der Waals surface area contributed by atoms with Gasteiger partial charge in [0, 0.05) is 5.56 Å². The van der Waals surface area contributed by atoms with Gasteiger partial charge in [-0.1, -0.05) is 17.7 Å². The monoisotopic (exact) mass is 486 g/mol. The van der Waals surface area contributed by atoms with Gasteiger partial charge in [0.15, 0.2) is 15.4 Å². The number of piperidine rings is 1. The van der Waals surface area contributed by atoms with Crippen molar-refractivity contribution in [3.8, 4) is 5.75 Å². The SMILES string of the molecule is CC1(C)NCCC(S(=O)(=O)c2ccc(OCc3ccc(F)cc3Cl)cc2)C1(O)C(=O)NO. The molecule has 3 rings (SSSR count). The number of hydrogen-bond donors (Lipinski definition) is 4. The number of aliphatic hydroxyl groups is 1. The fourth-order valence-corrected chi connectivity index (χ4v) is 6.19. The molecule has 8 nitrogen and oxygen atoms in total. The molecule has 0 spiro atoms. The van der Waals surface area contributed by atoms with Gasteiger partial charge in [-0.25, -0.2) is 18.3 Å². The van der Waals surface area contributed by atoms with Crippen LogP contribution in [0, 0.1) is 5.82 Å². The number of rotatable bonds is 6. The summed E-state index contributed by atoms with van der Waals surface area (Å²) in [6.45, 7) is 3.27. The Morgan fingerprint density at radius 2 is 1.94 bits per heavy atom. The standard InChI is InChI=1S/C21H24ClFN2O6S/c1-20(2)21(27,19(26)25-28)18(9-10-24-20)32(29,30)16-7-5-15(6-8-16)31-12-13-3-4-14(23)11-17(13)22/h3-8,11,18,24,27-28H,9-10,12H2,1-2H3,(H,25,26). The number of carbonyl (C=O) groups is 1. The van der Waals surface area contributed by atoms with E-state index in [0.717, 1.165) is 0 Å². The summed E-state index contributed by atoms with van der Waals surface area (Å²) in [6, 6.07) is 9.39. The Morgan fingerprint density at radius 3 is 2.53 bits per heavy atom. The first kappa shape index (κ1) is 24.4. The van der Waals surface area contributed by atoms with E-state index in [-0.39, 0.29) is 29.5 Å². The van der Waals surface area contributed by atoms with E-state index in [1.807, 2.05) is 0 Å². The number of sulfone groups is 1. The van der Waals surface area contributed by atoms with Crippen LogP contribution >= 0.6 is 11.6 Å². The maximum Gasteiger partial charge on any atom is 0.278 e. The summed E-state index contributed by atoms with van der Waals surface area (Å²) in [4.78, 5) is 12.2. The highest BCUT2D eigenvalue weighted by Crippen LogP contribution is 2.38. The molecule has 1 fully saturated rings. The summed E-state index contributed by atoms with van der Waals surface area (Å²) >= 11 is 5.98. The minimum atomic E-state index is -4.17. The van der Waals surface area contributed by atoms with Crippen LogP contribution in [0.15, 0.2) is 47.4 Å². The van der Waals surface area contributed by atoms with Gasteiger partial charge in [-0.05, 0) is 63.2 Å². The Morgan fingerprint density at radius 1 is 1.28 bits per heavy atom. The quantitative estimate of drug-likeness (QED) is 0.364. The van der Waals surface area contributed by atoms with Gasteiger partial charge in [-0.2, -0.15) is 0 Å². The summed E-state index contributed by atoms with van der Waals surface area (Å²) in [5.41, 5.74) is -1.81. The summed E-state index contributed by atoms with van der Waals surface area (Å²) in [6.07, 6.45) is -0.0446. The van der Waals surface area contributed by atoms with E-state index in [1.54, 1.807) is 0 Å². The Bertz CT molecular complexity index is 1110. The van der Waals surface area contributed by atoms with Crippen molar-refractivity contribution in [2.24, 2.45) is 0 Å². The molecule has 0 bridgehead atoms. The van der Waals surface area contributed by atoms with Crippen LogP contribution in [-0.2, 0) is 21.2 Å². The summed E-state index contributed by atoms with van der Waals surface area (Å²) in [5, 5.41) is 21.9. The molecule has 0 aromatic heterocycles. The zero-order valence-corrected chi connectivity index (χ0v) is 19.0. The van der Waals surface area contributed by atoms with Crippen molar-refractivity contribution in [2.45, 2.75) is 48.2 Å². The fourth-order valence-electron chi connectivity index (χ4n) is 3.85. The summed E-state index contributed by atoms with van der Waals surface area (Å²) in [5.74, 6) is -1.33. The Balaban J connectivity index is 1.84. The predicted octanol–water partition coefficient (Wildman–Crippen LogP) is 2.21. The molecule has 2 unspecified atom stereocenters. The molecule has 32 heavy (non-hydrogen) atoms. The molecule has 1 aliphatic heterocycles. The first-order chi connectivity index (χ1) is 14.9. The molecule has 174 valence electrons. The molecular formula is C21H24ClFN2O6S. The van der Waals surface area contributed by atoms with Crippen LogP contribution in [0.4, 0.5) is 4.39 Å². The van der Waals surface area contributed by atoms with Crippen LogP contribution in [0.1, 0.15) is 25.8 Å². The van der Waals surface area contributed by atoms with E-state index in [9.17, 15) is 22.7 Å². The van der Waals surface area contributed by atoms with Crippen molar-refractivity contribution < 1.29 is 32.7 Å². The Kier molecular flexibility index (Phi) is 6.83. The summed E-state index contributed by atoms with van der Waals surface area (Å²) in [7, 11) is -4.17. The third kappa shape index (κ3) is 4.33. The molecule has 11 heteroatoms. The smallest absolute Gasteiger partial charge is 0.278 e. The minimum absolute atomic E-state index is 0.0446. The number of nitrogens with one attached hydrogen (secondary N) is 2. The molecule has 4 N–H and O–H groups in total. The number of hydroxylamine groups is 1. The maximum atomic E-state index is 13.3. The van der Waals surface area contributed by atoms with Crippen molar-refractivity contribution in [1.29, 1.82) is 0 Å². The van der Waals surface area contributed by atoms with E-state index in [2.05, 4.69) is 5.32 Å². The highest BCUT2D eigenvalue weighted by molar-refractivity contribution is 7.92. The number of carbonyl (C=O) groups excluding carboxylic acids is 1. The fraction of sp³-hybridized carbons (Fsp3) is 0.381. The molecule has 0 saturated carbocycles. The number of halogens is 2. The van der Waals surface area contributed by atoms with E-state index in [4.69, 9.17) is 21.5 Å². The van der Waals surface area contributed by atoms with Crippen molar-refractivity contribution in [1.82, 2.24) is 10.8 Å². The third-order valence-electron chi connectivity index (χ3n) is 5.78. The van der Waals surface area contributed by atoms with Gasteiger partial charge >= 0.3 is 0 Å². The largest absolute Gasteiger partial charge is 0.489 e. The van der Waals surface area contributed by atoms with Crippen LogP contribution in [0.2, 0.25) is 5.02 Å². The maximum absolute atomic E-state index is 13.3. The lowest BCUT2D eigenvalue weighted by Gasteiger charge is -2.49. The molecule has 2 aromatic rings. The van der Waals surface area contributed by atoms with Gasteiger partial charge in [-0.3, -0.25) is 10.0 Å². The normalized spacial score (nSPS) is 22.9. The number of ether oxygens (including phenoxy) is 1. The molecule has 2 atom stereocenters. The molecular weight excluding hydrogens is 463 g/mol. The summed E-state index contributed by atoms with van der Waals surface area (Å²) < 4.78 is 45.4. The van der Waals surface area contributed by atoms with Crippen LogP contribution in [-0.4, -0.2) is 47.6 Å². The predicted molar refractivity (Wildman–Crippen MR) is 115 cm³/mol. The van der Waals surface area contributed by atoms with Gasteiger partial charge in [0.25, 0.3) is 5.91 Å². The lowest BCUT2D eigenvalue weighted by Crippen LogP contribution is -2.75. The van der Waals surface area contributed by atoms with Crippen molar-refractivity contribution in [3.05, 3.63) is 58.9 Å². The van der Waals surface area contributed by atoms with Crippen molar-refractivity contribution >= 4 is 27.3 Å². The first-order valence-corrected chi connectivity index (χ1v) is 11.7. The molecule has 1 saturated heterocycles. The number of amides is 1. The third-order valence-corrected chi connectivity index (χ3v) is 8.38. The van der Waals surface area contributed by atoms with Gasteiger partial charge in [0.1, 0.15) is 23.4 Å². The van der Waals surface area contributed by atoms with Gasteiger partial charge in [0.2, 0.25) is 0 Å². The molecule has 0 aliphatic carbocycles. The highest BCUT2D eigenvalue weighted by Gasteiger charge is 2.61. The van der Waals surface area contributed by atoms with Crippen molar-refractivity contribution in [3.63, 3.8) is 0 Å².